The van der Waals surface area contributed by atoms with Crippen molar-refractivity contribution in [3.8, 4) is 0 Å². The third-order valence-electron chi connectivity index (χ3n) is 3.43. The molecule has 2 rings (SSSR count). The number of ether oxygens (including phenoxy) is 2. The zero-order valence-corrected chi connectivity index (χ0v) is 11.4. The fraction of sp³-hybridized carbons (Fsp3) is 0.533. The highest BCUT2D eigenvalue weighted by molar-refractivity contribution is 5.73. The van der Waals surface area contributed by atoms with Crippen molar-refractivity contribution in [1.82, 2.24) is 0 Å². The summed E-state index contributed by atoms with van der Waals surface area (Å²) >= 11 is 0. The Bertz CT molecular complexity index is 422. The number of nitrogens with two attached hydrogens (primary N) is 1. The average molecular weight is 279 g/mol. The summed E-state index contributed by atoms with van der Waals surface area (Å²) in [7, 11) is 0. The molecule has 2 atom stereocenters. The normalized spacial score (nSPS) is 24.4. The largest absolute Gasteiger partial charge is 0.480 e. The van der Waals surface area contributed by atoms with Gasteiger partial charge in [-0.15, -0.1) is 0 Å². The van der Waals surface area contributed by atoms with Crippen LogP contribution in [0.3, 0.4) is 0 Å². The van der Waals surface area contributed by atoms with E-state index in [2.05, 4.69) is 0 Å². The quantitative estimate of drug-likeness (QED) is 0.772. The van der Waals surface area contributed by atoms with E-state index in [0.29, 0.717) is 19.6 Å². The van der Waals surface area contributed by atoms with Crippen molar-refractivity contribution in [1.29, 1.82) is 0 Å². The molecule has 0 spiro atoms. The minimum Gasteiger partial charge on any atom is -0.480 e. The molecule has 1 heterocycles. The van der Waals surface area contributed by atoms with Crippen molar-refractivity contribution < 1.29 is 19.4 Å². The molecule has 5 heteroatoms. The van der Waals surface area contributed by atoms with Gasteiger partial charge in [-0.1, -0.05) is 30.4 Å². The van der Waals surface area contributed by atoms with Crippen molar-refractivity contribution in [2.75, 3.05) is 13.2 Å². The summed E-state index contributed by atoms with van der Waals surface area (Å²) in [6.45, 7) is 1.35. The van der Waals surface area contributed by atoms with Crippen molar-refractivity contribution >= 4 is 5.97 Å². The summed E-state index contributed by atoms with van der Waals surface area (Å²) in [5, 5.41) is 8.83. The van der Waals surface area contributed by atoms with Crippen LogP contribution in [0.2, 0.25) is 0 Å². The molecular formula is C15H21NO4. The minimum atomic E-state index is -0.959. The van der Waals surface area contributed by atoms with E-state index in [1.807, 2.05) is 30.4 Å². The van der Waals surface area contributed by atoms with E-state index >= 15 is 0 Å². The standard InChI is InChI=1S/C15H21NO4/c16-13(15(17)18)10-12-3-1-2-11(4-5-12)6-7-14-19-8-9-20-14/h1-5,12-14H,6-10,16H2,(H,17,18). The van der Waals surface area contributed by atoms with Gasteiger partial charge in [-0.2, -0.15) is 0 Å². The number of carboxylic acids is 1. The Morgan fingerprint density at radius 2 is 2.15 bits per heavy atom. The van der Waals surface area contributed by atoms with Crippen LogP contribution in [0.5, 0.6) is 0 Å². The van der Waals surface area contributed by atoms with Gasteiger partial charge in [0.15, 0.2) is 6.29 Å². The first-order chi connectivity index (χ1) is 9.65. The number of carboxylic acid groups (broad SMARTS) is 1. The van der Waals surface area contributed by atoms with E-state index in [0.717, 1.165) is 12.8 Å². The van der Waals surface area contributed by atoms with Gasteiger partial charge in [-0.05, 0) is 24.3 Å². The van der Waals surface area contributed by atoms with E-state index in [1.54, 1.807) is 0 Å². The monoisotopic (exact) mass is 279 g/mol. The summed E-state index contributed by atoms with van der Waals surface area (Å²) in [5.41, 5.74) is 6.74. The van der Waals surface area contributed by atoms with Crippen LogP contribution in [0, 0.1) is 5.92 Å². The lowest BCUT2D eigenvalue weighted by Crippen LogP contribution is -2.31. The lowest BCUT2D eigenvalue weighted by Gasteiger charge is -2.11. The van der Waals surface area contributed by atoms with Gasteiger partial charge >= 0.3 is 5.97 Å². The Hall–Kier alpha value is -1.43. The molecule has 0 radical (unpaired) electrons. The third kappa shape index (κ3) is 4.59. The molecule has 0 amide bonds. The fourth-order valence-electron chi connectivity index (χ4n) is 2.27. The smallest absolute Gasteiger partial charge is 0.320 e. The summed E-state index contributed by atoms with van der Waals surface area (Å²) in [5.74, 6) is -0.895. The maximum Gasteiger partial charge on any atom is 0.320 e. The summed E-state index contributed by atoms with van der Waals surface area (Å²) in [4.78, 5) is 10.8. The Morgan fingerprint density at radius 3 is 2.85 bits per heavy atom. The Kier molecular flexibility index (Phi) is 5.52. The van der Waals surface area contributed by atoms with Gasteiger partial charge < -0.3 is 20.3 Å². The second-order valence-corrected chi connectivity index (χ2v) is 5.04. The van der Waals surface area contributed by atoms with Crippen molar-refractivity contribution in [3.63, 3.8) is 0 Å². The van der Waals surface area contributed by atoms with Gasteiger partial charge in [-0.25, -0.2) is 0 Å². The van der Waals surface area contributed by atoms with Gasteiger partial charge in [0.05, 0.1) is 13.2 Å². The second-order valence-electron chi connectivity index (χ2n) is 5.04. The third-order valence-corrected chi connectivity index (χ3v) is 3.43. The molecule has 1 aliphatic heterocycles. The topological polar surface area (TPSA) is 81.8 Å². The Morgan fingerprint density at radius 1 is 1.40 bits per heavy atom. The zero-order valence-electron chi connectivity index (χ0n) is 11.4. The number of hydrogen-bond acceptors (Lipinski definition) is 4. The van der Waals surface area contributed by atoms with Gasteiger partial charge in [0.25, 0.3) is 0 Å². The molecule has 3 N–H and O–H groups in total. The van der Waals surface area contributed by atoms with Crippen molar-refractivity contribution in [2.24, 2.45) is 11.7 Å². The Balaban J connectivity index is 1.80. The molecule has 1 aliphatic carbocycles. The molecule has 2 unspecified atom stereocenters. The highest BCUT2D eigenvalue weighted by Gasteiger charge is 2.17. The number of rotatable bonds is 6. The van der Waals surface area contributed by atoms with Crippen LogP contribution in [0.15, 0.2) is 36.0 Å². The van der Waals surface area contributed by atoms with Gasteiger partial charge in [0.2, 0.25) is 0 Å². The van der Waals surface area contributed by atoms with E-state index in [9.17, 15) is 4.79 Å². The number of hydrogen-bond donors (Lipinski definition) is 2. The molecule has 0 aromatic heterocycles. The number of aliphatic carboxylic acids is 1. The molecule has 1 saturated heterocycles. The first-order valence-corrected chi connectivity index (χ1v) is 6.92. The van der Waals surface area contributed by atoms with Crippen LogP contribution in [-0.2, 0) is 14.3 Å². The molecular weight excluding hydrogens is 258 g/mol. The first kappa shape index (κ1) is 15.0. The zero-order chi connectivity index (χ0) is 14.4. The van der Waals surface area contributed by atoms with E-state index in [-0.39, 0.29) is 12.2 Å². The number of carbonyl (C=O) groups is 1. The van der Waals surface area contributed by atoms with Crippen molar-refractivity contribution in [2.45, 2.75) is 31.6 Å². The summed E-state index contributed by atoms with van der Waals surface area (Å²) in [6, 6.07) is -0.823. The lowest BCUT2D eigenvalue weighted by atomic mass is 9.99. The molecule has 0 bridgehead atoms. The van der Waals surface area contributed by atoms with E-state index in [4.69, 9.17) is 20.3 Å². The Labute approximate surface area is 118 Å². The summed E-state index contributed by atoms with van der Waals surface area (Å²) < 4.78 is 10.8. The highest BCUT2D eigenvalue weighted by Crippen LogP contribution is 2.20. The van der Waals surface area contributed by atoms with E-state index < -0.39 is 12.0 Å². The summed E-state index contributed by atoms with van der Waals surface area (Å²) in [6.07, 6.45) is 12.1. The molecule has 110 valence electrons. The average Bonchev–Trinajstić information content (AvgIpc) is 2.84. The van der Waals surface area contributed by atoms with Gasteiger partial charge in [0, 0.05) is 6.42 Å². The van der Waals surface area contributed by atoms with Gasteiger partial charge in [-0.3, -0.25) is 4.79 Å². The van der Waals surface area contributed by atoms with Crippen LogP contribution in [0.25, 0.3) is 0 Å². The molecule has 20 heavy (non-hydrogen) atoms. The predicted octanol–water partition coefficient (Wildman–Crippen LogP) is 1.61. The van der Waals surface area contributed by atoms with Gasteiger partial charge in [0.1, 0.15) is 6.04 Å². The second kappa shape index (κ2) is 7.38. The molecule has 0 aromatic rings. The van der Waals surface area contributed by atoms with Crippen LogP contribution in [0.4, 0.5) is 0 Å². The maximum absolute atomic E-state index is 10.8. The van der Waals surface area contributed by atoms with Crippen LogP contribution >= 0.6 is 0 Å². The lowest BCUT2D eigenvalue weighted by molar-refractivity contribution is -0.138. The first-order valence-electron chi connectivity index (χ1n) is 6.92. The number of allylic oxidation sites excluding steroid dienone is 6. The minimum absolute atomic E-state index is 0.0637. The fourth-order valence-corrected chi connectivity index (χ4v) is 2.27. The molecule has 1 fully saturated rings. The molecule has 2 aliphatic rings. The molecule has 0 aromatic carbocycles. The molecule has 5 nitrogen and oxygen atoms in total. The van der Waals surface area contributed by atoms with Crippen LogP contribution in [-0.4, -0.2) is 36.6 Å². The SMILES string of the molecule is NC(CC1C=CC=C(CCC2OCCO2)C=C1)C(=O)O. The predicted molar refractivity (Wildman–Crippen MR) is 75.0 cm³/mol. The van der Waals surface area contributed by atoms with Crippen LogP contribution in [0.1, 0.15) is 19.3 Å². The highest BCUT2D eigenvalue weighted by atomic mass is 16.7. The van der Waals surface area contributed by atoms with Crippen LogP contribution < -0.4 is 5.73 Å². The van der Waals surface area contributed by atoms with Crippen molar-refractivity contribution in [3.05, 3.63) is 36.0 Å². The van der Waals surface area contributed by atoms with E-state index in [1.165, 1.54) is 5.57 Å². The maximum atomic E-state index is 10.8. The molecule has 0 saturated carbocycles.